The molecule has 1 aromatic heterocycles. The van der Waals surface area contributed by atoms with Gasteiger partial charge in [0.2, 0.25) is 0 Å². The molecule has 2 aliphatic rings. The number of nitrogens with one attached hydrogen (secondary N) is 1. The molecular weight excluding hydrogens is 254 g/mol. The molecule has 2 atom stereocenters. The Hall–Kier alpha value is -1.46. The molecule has 2 fully saturated rings. The normalized spacial score (nSPS) is 29.0. The maximum absolute atomic E-state index is 12.6. The van der Waals surface area contributed by atoms with Crippen molar-refractivity contribution in [3.63, 3.8) is 0 Å². The first kappa shape index (κ1) is 13.5. The van der Waals surface area contributed by atoms with Crippen LogP contribution in [0, 0.1) is 5.92 Å². The lowest BCUT2D eigenvalue weighted by molar-refractivity contribution is 0.00952. The van der Waals surface area contributed by atoms with Crippen LogP contribution in [0.1, 0.15) is 23.2 Å². The second-order valence-electron chi connectivity index (χ2n) is 5.93. The number of pyridine rings is 1. The Morgan fingerprint density at radius 3 is 2.55 bits per heavy atom. The van der Waals surface area contributed by atoms with Crippen molar-refractivity contribution >= 4 is 11.6 Å². The van der Waals surface area contributed by atoms with E-state index in [2.05, 4.69) is 10.3 Å². The van der Waals surface area contributed by atoms with Gasteiger partial charge in [-0.1, -0.05) is 0 Å². The molecule has 1 aromatic rings. The first-order valence-electron chi connectivity index (χ1n) is 7.15. The van der Waals surface area contributed by atoms with Crippen molar-refractivity contribution in [1.82, 2.24) is 10.3 Å². The highest BCUT2D eigenvalue weighted by Gasteiger charge is 2.35. The van der Waals surface area contributed by atoms with Crippen LogP contribution < -0.4 is 10.2 Å². The van der Waals surface area contributed by atoms with Crippen LogP contribution in [-0.4, -0.2) is 50.2 Å². The highest BCUT2D eigenvalue weighted by atomic mass is 16.5. The number of Topliss-reactive ketones (excluding diaryl/α,β-unsaturated/α-hetero) is 1. The SMILES string of the molecule is CN(C)c1ccc(C(=O)C2CC3COCC(C2)N3)cn1. The standard InChI is InChI=1S/C15H21N3O2/c1-18(2)14-4-3-10(7-16-14)15(19)11-5-12-8-20-9-13(6-11)17-12/h3-4,7,11-13,17H,5-6,8-9H2,1-2H3. The van der Waals surface area contributed by atoms with E-state index in [0.29, 0.717) is 12.1 Å². The van der Waals surface area contributed by atoms with Gasteiger partial charge in [0.05, 0.1) is 13.2 Å². The summed E-state index contributed by atoms with van der Waals surface area (Å²) in [7, 11) is 3.88. The molecule has 0 radical (unpaired) electrons. The summed E-state index contributed by atoms with van der Waals surface area (Å²) < 4.78 is 5.52. The van der Waals surface area contributed by atoms with Gasteiger partial charge in [-0.05, 0) is 25.0 Å². The molecule has 108 valence electrons. The lowest BCUT2D eigenvalue weighted by Crippen LogP contribution is -2.55. The fraction of sp³-hybridized carbons (Fsp3) is 0.600. The van der Waals surface area contributed by atoms with Crippen LogP contribution in [0.25, 0.3) is 0 Å². The van der Waals surface area contributed by atoms with Gasteiger partial charge in [-0.25, -0.2) is 4.98 Å². The third kappa shape index (κ3) is 2.69. The van der Waals surface area contributed by atoms with Crippen molar-refractivity contribution < 1.29 is 9.53 Å². The summed E-state index contributed by atoms with van der Waals surface area (Å²) in [6.07, 6.45) is 3.43. The number of fused-ring (bicyclic) bond motifs is 2. The van der Waals surface area contributed by atoms with E-state index in [1.54, 1.807) is 6.20 Å². The minimum Gasteiger partial charge on any atom is -0.378 e. The molecule has 2 saturated heterocycles. The summed E-state index contributed by atoms with van der Waals surface area (Å²) >= 11 is 0. The van der Waals surface area contributed by atoms with Gasteiger partial charge in [0, 0.05) is 43.9 Å². The van der Waals surface area contributed by atoms with Gasteiger partial charge in [0.15, 0.2) is 5.78 Å². The van der Waals surface area contributed by atoms with Crippen LogP contribution in [0.5, 0.6) is 0 Å². The summed E-state index contributed by atoms with van der Waals surface area (Å²) in [4.78, 5) is 18.9. The van der Waals surface area contributed by atoms with E-state index in [9.17, 15) is 4.79 Å². The van der Waals surface area contributed by atoms with Crippen LogP contribution in [0.3, 0.4) is 0 Å². The van der Waals surface area contributed by atoms with Crippen molar-refractivity contribution in [3.8, 4) is 0 Å². The third-order valence-electron chi connectivity index (χ3n) is 4.11. The second kappa shape index (κ2) is 5.50. The largest absolute Gasteiger partial charge is 0.378 e. The summed E-state index contributed by atoms with van der Waals surface area (Å²) in [5, 5.41) is 3.51. The van der Waals surface area contributed by atoms with Crippen LogP contribution >= 0.6 is 0 Å². The Labute approximate surface area is 119 Å². The summed E-state index contributed by atoms with van der Waals surface area (Å²) in [5.41, 5.74) is 0.724. The van der Waals surface area contributed by atoms with E-state index < -0.39 is 0 Å². The fourth-order valence-corrected chi connectivity index (χ4v) is 3.08. The van der Waals surface area contributed by atoms with Crippen LogP contribution in [0.2, 0.25) is 0 Å². The molecule has 5 heteroatoms. The van der Waals surface area contributed by atoms with Crippen molar-refractivity contribution in [1.29, 1.82) is 0 Å². The summed E-state index contributed by atoms with van der Waals surface area (Å²) in [5.74, 6) is 1.19. The zero-order valence-electron chi connectivity index (χ0n) is 12.0. The number of piperidine rings is 1. The monoisotopic (exact) mass is 275 g/mol. The van der Waals surface area contributed by atoms with Gasteiger partial charge >= 0.3 is 0 Å². The van der Waals surface area contributed by atoms with Crippen molar-refractivity contribution in [2.75, 3.05) is 32.2 Å². The average Bonchev–Trinajstić information content (AvgIpc) is 2.46. The van der Waals surface area contributed by atoms with E-state index in [1.165, 1.54) is 0 Å². The Morgan fingerprint density at radius 2 is 2.00 bits per heavy atom. The number of rotatable bonds is 3. The van der Waals surface area contributed by atoms with Gasteiger partial charge in [-0.15, -0.1) is 0 Å². The smallest absolute Gasteiger partial charge is 0.167 e. The molecule has 0 aliphatic carbocycles. The van der Waals surface area contributed by atoms with Crippen LogP contribution in [0.4, 0.5) is 5.82 Å². The van der Waals surface area contributed by atoms with Gasteiger partial charge in [0.1, 0.15) is 5.82 Å². The second-order valence-corrected chi connectivity index (χ2v) is 5.93. The number of hydrogen-bond acceptors (Lipinski definition) is 5. The van der Waals surface area contributed by atoms with E-state index >= 15 is 0 Å². The van der Waals surface area contributed by atoms with Gasteiger partial charge in [-0.3, -0.25) is 4.79 Å². The number of carbonyl (C=O) groups is 1. The molecular formula is C15H21N3O2. The minimum absolute atomic E-state index is 0.0992. The zero-order chi connectivity index (χ0) is 14.1. The lowest BCUT2D eigenvalue weighted by Gasteiger charge is -2.39. The summed E-state index contributed by atoms with van der Waals surface area (Å²) in [6, 6.07) is 4.44. The first-order valence-corrected chi connectivity index (χ1v) is 7.15. The molecule has 2 aliphatic heterocycles. The lowest BCUT2D eigenvalue weighted by atomic mass is 9.82. The van der Waals surface area contributed by atoms with Crippen molar-refractivity contribution in [2.24, 2.45) is 5.92 Å². The molecule has 3 rings (SSSR count). The van der Waals surface area contributed by atoms with E-state index in [1.807, 2.05) is 31.1 Å². The minimum atomic E-state index is 0.0992. The number of aromatic nitrogens is 1. The Kier molecular flexibility index (Phi) is 3.72. The van der Waals surface area contributed by atoms with Crippen molar-refractivity contribution in [2.45, 2.75) is 24.9 Å². The van der Waals surface area contributed by atoms with Crippen LogP contribution in [0.15, 0.2) is 18.3 Å². The van der Waals surface area contributed by atoms with E-state index in [4.69, 9.17) is 4.74 Å². The molecule has 2 bridgehead atoms. The van der Waals surface area contributed by atoms with Crippen molar-refractivity contribution in [3.05, 3.63) is 23.9 Å². The van der Waals surface area contributed by atoms with Crippen LogP contribution in [-0.2, 0) is 4.74 Å². The predicted molar refractivity (Wildman–Crippen MR) is 77.1 cm³/mol. The number of anilines is 1. The number of morpholine rings is 1. The Morgan fingerprint density at radius 1 is 1.30 bits per heavy atom. The molecule has 2 unspecified atom stereocenters. The Bertz CT molecular complexity index is 474. The topological polar surface area (TPSA) is 54.5 Å². The zero-order valence-corrected chi connectivity index (χ0v) is 12.0. The maximum Gasteiger partial charge on any atom is 0.167 e. The number of carbonyl (C=O) groups excluding carboxylic acids is 1. The summed E-state index contributed by atoms with van der Waals surface area (Å²) in [6.45, 7) is 1.44. The number of nitrogens with zero attached hydrogens (tertiary/aromatic N) is 2. The third-order valence-corrected chi connectivity index (χ3v) is 4.11. The first-order chi connectivity index (χ1) is 9.63. The molecule has 20 heavy (non-hydrogen) atoms. The molecule has 0 saturated carbocycles. The molecule has 5 nitrogen and oxygen atoms in total. The molecule has 1 N–H and O–H groups in total. The predicted octanol–water partition coefficient (Wildman–Crippen LogP) is 1.10. The van der Waals surface area contributed by atoms with E-state index in [-0.39, 0.29) is 11.7 Å². The molecule has 3 heterocycles. The fourth-order valence-electron chi connectivity index (χ4n) is 3.08. The van der Waals surface area contributed by atoms with E-state index in [0.717, 1.165) is 37.4 Å². The van der Waals surface area contributed by atoms with Gasteiger partial charge in [-0.2, -0.15) is 0 Å². The maximum atomic E-state index is 12.6. The van der Waals surface area contributed by atoms with Gasteiger partial charge in [0.25, 0.3) is 0 Å². The molecule has 0 spiro atoms. The highest BCUT2D eigenvalue weighted by molar-refractivity contribution is 5.97. The quantitative estimate of drug-likeness (QED) is 0.837. The number of ether oxygens (including phenoxy) is 1. The highest BCUT2D eigenvalue weighted by Crippen LogP contribution is 2.27. The average molecular weight is 275 g/mol. The number of ketones is 1. The molecule has 0 aromatic carbocycles. The number of hydrogen-bond donors (Lipinski definition) is 1. The molecule has 0 amide bonds. The van der Waals surface area contributed by atoms with Gasteiger partial charge < -0.3 is 15.0 Å². The Balaban J connectivity index is 1.72.